The van der Waals surface area contributed by atoms with Gasteiger partial charge in [0.15, 0.2) is 0 Å². The van der Waals surface area contributed by atoms with Crippen LogP contribution in [0.15, 0.2) is 18.5 Å². The third-order valence-corrected chi connectivity index (χ3v) is 3.86. The normalized spacial score (nSPS) is 18.7. The lowest BCUT2D eigenvalue weighted by Crippen LogP contribution is -2.54. The molecular weight excluding hydrogens is 311 g/mol. The second-order valence-electron chi connectivity index (χ2n) is 6.03. The zero-order valence-electron chi connectivity index (χ0n) is 13.1. The van der Waals surface area contributed by atoms with Crippen molar-refractivity contribution in [1.82, 2.24) is 15.2 Å². The highest BCUT2D eigenvalue weighted by molar-refractivity contribution is 5.95. The van der Waals surface area contributed by atoms with Gasteiger partial charge in [0.2, 0.25) is 0 Å². The molecule has 2 heterocycles. The van der Waals surface area contributed by atoms with Gasteiger partial charge in [-0.1, -0.05) is 0 Å². The molecule has 0 spiro atoms. The monoisotopic (exact) mass is 331 g/mol. The number of carbonyl (C=O) groups excluding carboxylic acids is 1. The highest BCUT2D eigenvalue weighted by Crippen LogP contribution is 2.31. The maximum absolute atomic E-state index is 12.9. The fraction of sp³-hybridized carbons (Fsp3) is 0.600. The predicted octanol–water partition coefficient (Wildman–Crippen LogP) is 1.94. The fourth-order valence-electron chi connectivity index (χ4n) is 2.52. The maximum Gasteiger partial charge on any atom is 0.418 e. The summed E-state index contributed by atoms with van der Waals surface area (Å²) in [6.45, 7) is 6.79. The molecule has 1 aliphatic heterocycles. The number of morpholine rings is 1. The fourth-order valence-corrected chi connectivity index (χ4v) is 2.52. The average molecular weight is 331 g/mol. The second-order valence-corrected chi connectivity index (χ2v) is 6.03. The standard InChI is InChI=1S/C15H20F3N3O2/c1-14(2)10-23-8-7-21(14)6-5-20-13(22)11-3-4-19-9-12(11)15(16,17)18/h3-4,9H,5-8,10H2,1-2H3,(H,20,22). The summed E-state index contributed by atoms with van der Waals surface area (Å²) in [6.07, 6.45) is -2.76. The van der Waals surface area contributed by atoms with E-state index in [1.54, 1.807) is 0 Å². The Morgan fingerprint density at radius 3 is 2.87 bits per heavy atom. The van der Waals surface area contributed by atoms with Crippen LogP contribution in [0.5, 0.6) is 0 Å². The van der Waals surface area contributed by atoms with Crippen LogP contribution in [0.3, 0.4) is 0 Å². The van der Waals surface area contributed by atoms with Crippen LogP contribution in [-0.2, 0) is 10.9 Å². The number of halogens is 3. The molecule has 0 bridgehead atoms. The number of carbonyl (C=O) groups is 1. The Balaban J connectivity index is 1.96. The number of aromatic nitrogens is 1. The van der Waals surface area contributed by atoms with E-state index in [1.807, 2.05) is 13.8 Å². The molecule has 0 saturated carbocycles. The molecule has 0 unspecified atom stereocenters. The van der Waals surface area contributed by atoms with Gasteiger partial charge in [0.1, 0.15) is 0 Å². The highest BCUT2D eigenvalue weighted by atomic mass is 19.4. The van der Waals surface area contributed by atoms with Crippen molar-refractivity contribution in [2.45, 2.75) is 25.6 Å². The lowest BCUT2D eigenvalue weighted by Gasteiger charge is -2.42. The Labute approximate surface area is 132 Å². The number of ether oxygens (including phenoxy) is 1. The molecule has 8 heteroatoms. The van der Waals surface area contributed by atoms with Gasteiger partial charge in [0.05, 0.1) is 24.3 Å². The van der Waals surface area contributed by atoms with Crippen LogP contribution in [0.1, 0.15) is 29.8 Å². The Morgan fingerprint density at radius 1 is 1.48 bits per heavy atom. The molecule has 1 fully saturated rings. The van der Waals surface area contributed by atoms with Crippen LogP contribution in [0.2, 0.25) is 0 Å². The van der Waals surface area contributed by atoms with Gasteiger partial charge in [0.25, 0.3) is 5.91 Å². The molecular formula is C15H20F3N3O2. The van der Waals surface area contributed by atoms with Crippen LogP contribution in [0.4, 0.5) is 13.2 Å². The maximum atomic E-state index is 12.9. The summed E-state index contributed by atoms with van der Waals surface area (Å²) in [5.74, 6) is -0.745. The van der Waals surface area contributed by atoms with Crippen LogP contribution in [-0.4, -0.2) is 54.2 Å². The van der Waals surface area contributed by atoms with Crippen molar-refractivity contribution in [2.24, 2.45) is 0 Å². The number of amides is 1. The number of nitrogens with zero attached hydrogens (tertiary/aromatic N) is 2. The van der Waals surface area contributed by atoms with E-state index in [0.717, 1.165) is 12.6 Å². The van der Waals surface area contributed by atoms with E-state index in [-0.39, 0.29) is 12.1 Å². The summed E-state index contributed by atoms with van der Waals surface area (Å²) in [7, 11) is 0. The van der Waals surface area contributed by atoms with E-state index in [0.29, 0.717) is 26.0 Å². The summed E-state index contributed by atoms with van der Waals surface area (Å²) < 4.78 is 44.0. The number of alkyl halides is 3. The van der Waals surface area contributed by atoms with Crippen LogP contribution in [0.25, 0.3) is 0 Å². The van der Waals surface area contributed by atoms with E-state index >= 15 is 0 Å². The van der Waals surface area contributed by atoms with Crippen molar-refractivity contribution in [3.8, 4) is 0 Å². The molecule has 128 valence electrons. The van der Waals surface area contributed by atoms with E-state index in [2.05, 4.69) is 15.2 Å². The predicted molar refractivity (Wildman–Crippen MR) is 78.0 cm³/mol. The van der Waals surface area contributed by atoms with Gasteiger partial charge in [-0.2, -0.15) is 13.2 Å². The third kappa shape index (κ3) is 4.42. The van der Waals surface area contributed by atoms with E-state index in [9.17, 15) is 18.0 Å². The van der Waals surface area contributed by atoms with E-state index in [4.69, 9.17) is 4.74 Å². The first-order chi connectivity index (χ1) is 10.7. The lowest BCUT2D eigenvalue weighted by molar-refractivity contribution is -0.138. The first-order valence-corrected chi connectivity index (χ1v) is 7.34. The van der Waals surface area contributed by atoms with Gasteiger partial charge in [-0.15, -0.1) is 0 Å². The number of rotatable bonds is 4. The highest BCUT2D eigenvalue weighted by Gasteiger charge is 2.35. The number of pyridine rings is 1. The van der Waals surface area contributed by atoms with E-state index in [1.165, 1.54) is 6.20 Å². The summed E-state index contributed by atoms with van der Waals surface area (Å²) >= 11 is 0. The van der Waals surface area contributed by atoms with Crippen molar-refractivity contribution in [3.63, 3.8) is 0 Å². The molecule has 2 rings (SSSR count). The van der Waals surface area contributed by atoms with Crippen molar-refractivity contribution >= 4 is 5.91 Å². The first-order valence-electron chi connectivity index (χ1n) is 7.34. The Hall–Kier alpha value is -1.67. The SMILES string of the molecule is CC1(C)COCCN1CCNC(=O)c1ccncc1C(F)(F)F. The van der Waals surface area contributed by atoms with Gasteiger partial charge in [-0.25, -0.2) is 0 Å². The molecule has 1 saturated heterocycles. The number of hydrogen-bond acceptors (Lipinski definition) is 4. The molecule has 23 heavy (non-hydrogen) atoms. The number of nitrogens with one attached hydrogen (secondary N) is 1. The Bertz CT molecular complexity index is 561. The summed E-state index contributed by atoms with van der Waals surface area (Å²) in [5.41, 5.74) is -1.59. The zero-order valence-corrected chi connectivity index (χ0v) is 13.1. The van der Waals surface area contributed by atoms with Gasteiger partial charge < -0.3 is 10.1 Å². The third-order valence-electron chi connectivity index (χ3n) is 3.86. The van der Waals surface area contributed by atoms with Crippen molar-refractivity contribution in [3.05, 3.63) is 29.6 Å². The minimum Gasteiger partial charge on any atom is -0.378 e. The largest absolute Gasteiger partial charge is 0.418 e. The Morgan fingerprint density at radius 2 is 2.22 bits per heavy atom. The van der Waals surface area contributed by atoms with Crippen LogP contribution < -0.4 is 5.32 Å². The molecule has 0 atom stereocenters. The minimum atomic E-state index is -4.60. The van der Waals surface area contributed by atoms with Crippen LogP contribution in [0, 0.1) is 0 Å². The summed E-state index contributed by atoms with van der Waals surface area (Å²) in [4.78, 5) is 17.6. The van der Waals surface area contributed by atoms with Crippen molar-refractivity contribution in [2.75, 3.05) is 32.8 Å². The van der Waals surface area contributed by atoms with E-state index < -0.39 is 23.2 Å². The zero-order chi connectivity index (χ0) is 17.1. The molecule has 0 radical (unpaired) electrons. The van der Waals surface area contributed by atoms with Gasteiger partial charge in [-0.05, 0) is 19.9 Å². The molecule has 1 aromatic rings. The molecule has 0 aromatic carbocycles. The molecule has 1 aromatic heterocycles. The van der Waals surface area contributed by atoms with Gasteiger partial charge in [0, 0.05) is 37.6 Å². The molecule has 1 amide bonds. The second kappa shape index (κ2) is 6.84. The molecule has 1 aliphatic rings. The molecule has 5 nitrogen and oxygen atoms in total. The number of hydrogen-bond donors (Lipinski definition) is 1. The topological polar surface area (TPSA) is 54.5 Å². The Kier molecular flexibility index (Phi) is 5.26. The summed E-state index contributed by atoms with van der Waals surface area (Å²) in [6, 6.07) is 1.08. The minimum absolute atomic E-state index is 0.156. The van der Waals surface area contributed by atoms with Crippen molar-refractivity contribution < 1.29 is 22.7 Å². The summed E-state index contributed by atoms with van der Waals surface area (Å²) in [5, 5.41) is 2.55. The van der Waals surface area contributed by atoms with Gasteiger partial charge in [-0.3, -0.25) is 14.7 Å². The van der Waals surface area contributed by atoms with Gasteiger partial charge >= 0.3 is 6.18 Å². The lowest BCUT2D eigenvalue weighted by atomic mass is 10.0. The average Bonchev–Trinajstić information content (AvgIpc) is 2.48. The van der Waals surface area contributed by atoms with Crippen molar-refractivity contribution in [1.29, 1.82) is 0 Å². The smallest absolute Gasteiger partial charge is 0.378 e. The van der Waals surface area contributed by atoms with Crippen LogP contribution >= 0.6 is 0 Å². The molecule has 0 aliphatic carbocycles. The first kappa shape index (κ1) is 17.7. The quantitative estimate of drug-likeness (QED) is 0.916. The molecule has 1 N–H and O–H groups in total.